The van der Waals surface area contributed by atoms with Crippen molar-refractivity contribution in [1.82, 2.24) is 15.0 Å². The molecular weight excluding hydrogens is 735 g/mol. The summed E-state index contributed by atoms with van der Waals surface area (Å²) in [5, 5.41) is 5.47. The number of fused-ring (bicyclic) bond motifs is 8. The molecule has 0 aliphatic rings. The number of rotatable bonds is 6. The van der Waals surface area contributed by atoms with Gasteiger partial charge in [-0.25, -0.2) is 15.0 Å². The van der Waals surface area contributed by atoms with E-state index in [0.717, 1.165) is 116 Å². The lowest BCUT2D eigenvalue weighted by Gasteiger charge is -2.12. The minimum absolute atomic E-state index is 0.653. The van der Waals surface area contributed by atoms with Crippen molar-refractivity contribution in [2.24, 2.45) is 0 Å². The van der Waals surface area contributed by atoms with E-state index in [1.54, 1.807) is 0 Å². The molecule has 4 aromatic heterocycles. The lowest BCUT2D eigenvalue weighted by atomic mass is 9.99. The minimum atomic E-state index is 0.653. The van der Waals surface area contributed by atoms with Crippen LogP contribution in [-0.4, -0.2) is 15.0 Å². The fraction of sp³-hybridized carbons (Fsp3) is 0. The highest BCUT2D eigenvalue weighted by Gasteiger charge is 2.19. The molecule has 0 fully saturated rings. The summed E-state index contributed by atoms with van der Waals surface area (Å²) >= 11 is 0. The third kappa shape index (κ3) is 5.67. The highest BCUT2D eigenvalue weighted by molar-refractivity contribution is 6.20. The van der Waals surface area contributed by atoms with Crippen LogP contribution >= 0.6 is 0 Å². The Morgan fingerprint density at radius 1 is 0.317 bits per heavy atom. The number of aromatic nitrogens is 3. The Balaban J connectivity index is 0.972. The summed E-state index contributed by atoms with van der Waals surface area (Å²) in [5.41, 5.74) is 15.0. The van der Waals surface area contributed by atoms with Gasteiger partial charge in [-0.2, -0.15) is 0 Å². The van der Waals surface area contributed by atoms with E-state index in [1.165, 1.54) is 0 Å². The maximum absolute atomic E-state index is 6.52. The highest BCUT2D eigenvalue weighted by atomic mass is 16.3. The summed E-state index contributed by atoms with van der Waals surface area (Å²) in [6.45, 7) is 0. The topological polar surface area (TPSA) is 65.0 Å². The smallest absolute Gasteiger partial charge is 0.162 e. The van der Waals surface area contributed by atoms with Gasteiger partial charge in [-0.15, -0.1) is 0 Å². The molecule has 280 valence electrons. The summed E-state index contributed by atoms with van der Waals surface area (Å²) < 4.78 is 12.9. The second kappa shape index (κ2) is 13.8. The van der Waals surface area contributed by atoms with Crippen LogP contribution in [0.15, 0.2) is 209 Å². The van der Waals surface area contributed by atoms with E-state index in [4.69, 9.17) is 23.8 Å². The Bertz CT molecular complexity index is 3590. The Morgan fingerprint density at radius 3 is 1.63 bits per heavy atom. The fourth-order valence-corrected chi connectivity index (χ4v) is 8.56. The third-order valence-electron chi connectivity index (χ3n) is 11.5. The van der Waals surface area contributed by atoms with E-state index >= 15 is 0 Å². The minimum Gasteiger partial charge on any atom is -0.455 e. The van der Waals surface area contributed by atoms with E-state index in [9.17, 15) is 0 Å². The van der Waals surface area contributed by atoms with Gasteiger partial charge in [-0.3, -0.25) is 0 Å². The molecule has 12 rings (SSSR count). The van der Waals surface area contributed by atoms with Gasteiger partial charge in [0.15, 0.2) is 11.4 Å². The van der Waals surface area contributed by atoms with Crippen molar-refractivity contribution in [2.75, 3.05) is 0 Å². The van der Waals surface area contributed by atoms with Crippen LogP contribution in [0.2, 0.25) is 0 Å². The van der Waals surface area contributed by atoms with E-state index in [1.807, 2.05) is 36.4 Å². The molecule has 0 N–H and O–H groups in total. The molecule has 12 aromatic rings. The van der Waals surface area contributed by atoms with Gasteiger partial charge in [0.05, 0.1) is 16.9 Å². The summed E-state index contributed by atoms with van der Waals surface area (Å²) in [6, 6.07) is 69.0. The van der Waals surface area contributed by atoms with Crippen LogP contribution in [0, 0.1) is 0 Å². The van der Waals surface area contributed by atoms with Crippen LogP contribution in [0.4, 0.5) is 0 Å². The van der Waals surface area contributed by atoms with E-state index in [0.29, 0.717) is 5.82 Å². The second-order valence-corrected chi connectivity index (χ2v) is 15.1. The van der Waals surface area contributed by atoms with Crippen LogP contribution in [0.25, 0.3) is 122 Å². The van der Waals surface area contributed by atoms with Crippen molar-refractivity contribution in [3.63, 3.8) is 0 Å². The molecule has 4 heterocycles. The van der Waals surface area contributed by atoms with Crippen molar-refractivity contribution in [3.8, 4) is 67.4 Å². The van der Waals surface area contributed by atoms with Crippen LogP contribution in [0.1, 0.15) is 0 Å². The summed E-state index contributed by atoms with van der Waals surface area (Å²) in [5.74, 6) is 0.653. The zero-order valence-electron chi connectivity index (χ0n) is 32.2. The zero-order chi connectivity index (χ0) is 39.6. The van der Waals surface area contributed by atoms with Gasteiger partial charge >= 0.3 is 0 Å². The first-order valence-corrected chi connectivity index (χ1v) is 20.1. The van der Waals surface area contributed by atoms with Gasteiger partial charge in [0.25, 0.3) is 0 Å². The molecule has 0 atom stereocenters. The molecule has 0 amide bonds. The average molecular weight is 768 g/mol. The number of nitrogens with zero attached hydrogens (tertiary/aromatic N) is 3. The van der Waals surface area contributed by atoms with Crippen molar-refractivity contribution >= 4 is 54.8 Å². The molecule has 0 unspecified atom stereocenters. The molecule has 0 aliphatic carbocycles. The molecule has 0 spiro atoms. The Morgan fingerprint density at radius 2 is 0.867 bits per heavy atom. The number of para-hydroxylation sites is 4. The second-order valence-electron chi connectivity index (χ2n) is 15.1. The van der Waals surface area contributed by atoms with E-state index in [2.05, 4.69) is 164 Å². The maximum atomic E-state index is 6.52. The van der Waals surface area contributed by atoms with Crippen molar-refractivity contribution in [1.29, 1.82) is 0 Å². The van der Waals surface area contributed by atoms with Gasteiger partial charge in [-0.1, -0.05) is 170 Å². The van der Waals surface area contributed by atoms with Crippen LogP contribution in [-0.2, 0) is 0 Å². The standard InChI is InChI=1S/C55H33N3O2/c1-2-12-34(13-3-1)39-14-10-15-40(32-39)55-57-47(36-26-24-35(25-27-36)41-19-11-20-43-42-16-5-8-22-49(42)59-53(41)43)33-48(58-55)37-28-30-38(31-29-37)52-54-51(44-17-4-7-21-46(44)56-52)45-18-6-9-23-50(45)60-54/h1-33H. The van der Waals surface area contributed by atoms with E-state index < -0.39 is 0 Å². The zero-order valence-corrected chi connectivity index (χ0v) is 32.2. The predicted molar refractivity (Wildman–Crippen MR) is 245 cm³/mol. The Kier molecular flexibility index (Phi) is 7.78. The van der Waals surface area contributed by atoms with Gasteiger partial charge < -0.3 is 8.83 Å². The average Bonchev–Trinajstić information content (AvgIpc) is 3.91. The summed E-state index contributed by atoms with van der Waals surface area (Å²) in [6.07, 6.45) is 0. The highest BCUT2D eigenvalue weighted by Crippen LogP contribution is 2.41. The number of hydrogen-bond acceptors (Lipinski definition) is 5. The van der Waals surface area contributed by atoms with Gasteiger partial charge in [0.2, 0.25) is 0 Å². The summed E-state index contributed by atoms with van der Waals surface area (Å²) in [4.78, 5) is 15.6. The molecule has 0 saturated heterocycles. The molecular formula is C55H33N3O2. The molecule has 5 heteroatoms. The van der Waals surface area contributed by atoms with Crippen LogP contribution < -0.4 is 0 Å². The normalized spacial score (nSPS) is 11.7. The van der Waals surface area contributed by atoms with Crippen LogP contribution in [0.5, 0.6) is 0 Å². The lowest BCUT2D eigenvalue weighted by molar-refractivity contribution is 0.668. The fourth-order valence-electron chi connectivity index (χ4n) is 8.56. The third-order valence-corrected chi connectivity index (χ3v) is 11.5. The van der Waals surface area contributed by atoms with E-state index in [-0.39, 0.29) is 0 Å². The summed E-state index contributed by atoms with van der Waals surface area (Å²) in [7, 11) is 0. The van der Waals surface area contributed by atoms with Gasteiger partial charge in [0, 0.05) is 54.7 Å². The number of pyridine rings is 1. The van der Waals surface area contributed by atoms with Gasteiger partial charge in [-0.05, 0) is 47.0 Å². The quantitative estimate of drug-likeness (QED) is 0.169. The molecule has 0 aliphatic heterocycles. The first kappa shape index (κ1) is 33.9. The van der Waals surface area contributed by atoms with Crippen molar-refractivity contribution < 1.29 is 8.83 Å². The largest absolute Gasteiger partial charge is 0.455 e. The molecule has 8 aromatic carbocycles. The Hall–Kier alpha value is -8.15. The number of hydrogen-bond donors (Lipinski definition) is 0. The van der Waals surface area contributed by atoms with Crippen molar-refractivity contribution in [2.45, 2.75) is 0 Å². The predicted octanol–water partition coefficient (Wildman–Crippen LogP) is 14.8. The van der Waals surface area contributed by atoms with Crippen molar-refractivity contribution in [3.05, 3.63) is 200 Å². The molecule has 60 heavy (non-hydrogen) atoms. The van der Waals surface area contributed by atoms with Crippen LogP contribution in [0.3, 0.4) is 0 Å². The number of benzene rings is 8. The molecule has 0 radical (unpaired) electrons. The molecule has 0 saturated carbocycles. The van der Waals surface area contributed by atoms with Gasteiger partial charge in [0.1, 0.15) is 22.4 Å². The monoisotopic (exact) mass is 767 g/mol. The number of furan rings is 2. The Labute approximate surface area is 344 Å². The first-order chi connectivity index (χ1) is 29.7. The lowest BCUT2D eigenvalue weighted by Crippen LogP contribution is -1.96. The first-order valence-electron chi connectivity index (χ1n) is 20.1. The molecule has 0 bridgehead atoms. The molecule has 5 nitrogen and oxygen atoms in total. The SMILES string of the molecule is c1ccc(-c2cccc(-c3nc(-c4ccc(-c5cccc6c5oc5ccccc56)cc4)cc(-c4ccc(-c5nc6ccccc6c6c5oc5ccccc56)cc4)n3)c2)cc1. The maximum Gasteiger partial charge on any atom is 0.162 e.